The highest BCUT2D eigenvalue weighted by Crippen LogP contribution is 2.28. The highest BCUT2D eigenvalue weighted by Gasteiger charge is 2.21. The van der Waals surface area contributed by atoms with Gasteiger partial charge in [0.1, 0.15) is 0 Å². The number of nitrogens with one attached hydrogen (secondary N) is 2. The van der Waals surface area contributed by atoms with E-state index in [9.17, 15) is 5.11 Å². The second-order valence-corrected chi connectivity index (χ2v) is 4.35. The molecule has 1 aliphatic rings. The molecule has 1 heterocycles. The first-order chi connectivity index (χ1) is 7.84. The molecule has 1 fully saturated rings. The van der Waals surface area contributed by atoms with E-state index in [0.29, 0.717) is 19.7 Å². The Balaban J connectivity index is 1.48. The first-order valence-electron chi connectivity index (χ1n) is 5.79. The van der Waals surface area contributed by atoms with Gasteiger partial charge in [0.2, 0.25) is 0 Å². The van der Waals surface area contributed by atoms with E-state index in [4.69, 9.17) is 4.74 Å². The molecule has 0 radical (unpaired) electrons. The second-order valence-electron chi connectivity index (χ2n) is 4.35. The van der Waals surface area contributed by atoms with Crippen molar-refractivity contribution in [2.45, 2.75) is 25.5 Å². The number of rotatable bonds is 8. The Morgan fingerprint density at radius 3 is 3.19 bits per heavy atom. The van der Waals surface area contributed by atoms with Gasteiger partial charge >= 0.3 is 0 Å². The second kappa shape index (κ2) is 5.98. The van der Waals surface area contributed by atoms with E-state index in [2.05, 4.69) is 15.5 Å². The van der Waals surface area contributed by atoms with Gasteiger partial charge in [0.25, 0.3) is 0 Å². The van der Waals surface area contributed by atoms with Crippen molar-refractivity contribution in [1.29, 1.82) is 0 Å². The number of H-pyrrole nitrogens is 1. The summed E-state index contributed by atoms with van der Waals surface area (Å²) in [5.41, 5.74) is 1.02. The van der Waals surface area contributed by atoms with Crippen LogP contribution in [0.4, 0.5) is 0 Å². The topological polar surface area (TPSA) is 70.2 Å². The van der Waals surface area contributed by atoms with E-state index in [0.717, 1.165) is 18.2 Å². The third-order valence-corrected chi connectivity index (χ3v) is 2.61. The summed E-state index contributed by atoms with van der Waals surface area (Å²) in [7, 11) is 0. The highest BCUT2D eigenvalue weighted by atomic mass is 16.5. The minimum atomic E-state index is -0.429. The highest BCUT2D eigenvalue weighted by molar-refractivity contribution is 4.96. The number of nitrogens with zero attached hydrogens (tertiary/aromatic N) is 1. The molecule has 0 bridgehead atoms. The van der Waals surface area contributed by atoms with Gasteiger partial charge in [-0.15, -0.1) is 0 Å². The van der Waals surface area contributed by atoms with Crippen molar-refractivity contribution >= 4 is 0 Å². The van der Waals surface area contributed by atoms with Crippen molar-refractivity contribution in [3.63, 3.8) is 0 Å². The summed E-state index contributed by atoms with van der Waals surface area (Å²) in [4.78, 5) is 0. The predicted molar refractivity (Wildman–Crippen MR) is 59.8 cm³/mol. The first kappa shape index (κ1) is 11.6. The van der Waals surface area contributed by atoms with Gasteiger partial charge in [-0.25, -0.2) is 0 Å². The molecule has 0 aromatic carbocycles. The van der Waals surface area contributed by atoms with Gasteiger partial charge in [0, 0.05) is 31.6 Å². The van der Waals surface area contributed by atoms with E-state index in [1.54, 1.807) is 6.20 Å². The van der Waals surface area contributed by atoms with E-state index >= 15 is 0 Å². The Labute approximate surface area is 95.2 Å². The van der Waals surface area contributed by atoms with Crippen molar-refractivity contribution in [3.05, 3.63) is 18.0 Å². The average Bonchev–Trinajstić information content (AvgIpc) is 2.94. The maximum Gasteiger partial charge on any atom is 0.0897 e. The van der Waals surface area contributed by atoms with Crippen LogP contribution in [0.5, 0.6) is 0 Å². The van der Waals surface area contributed by atoms with E-state index in [-0.39, 0.29) is 0 Å². The van der Waals surface area contributed by atoms with Crippen molar-refractivity contribution in [2.75, 3.05) is 19.8 Å². The smallest absolute Gasteiger partial charge is 0.0897 e. The molecule has 16 heavy (non-hydrogen) atoms. The lowest BCUT2D eigenvalue weighted by atomic mass is 10.3. The summed E-state index contributed by atoms with van der Waals surface area (Å²) in [5.74, 6) is 0.755. The molecule has 1 saturated carbocycles. The van der Waals surface area contributed by atoms with Crippen molar-refractivity contribution < 1.29 is 9.84 Å². The number of ether oxygens (including phenoxy) is 1. The summed E-state index contributed by atoms with van der Waals surface area (Å²) >= 11 is 0. The van der Waals surface area contributed by atoms with Crippen LogP contribution in [0.25, 0.3) is 0 Å². The Bertz CT molecular complexity index is 285. The molecule has 5 nitrogen and oxygen atoms in total. The van der Waals surface area contributed by atoms with Gasteiger partial charge in [0.05, 0.1) is 12.7 Å². The molecule has 0 aliphatic heterocycles. The van der Waals surface area contributed by atoms with Gasteiger partial charge in [-0.2, -0.15) is 5.10 Å². The van der Waals surface area contributed by atoms with Crippen LogP contribution in [-0.4, -0.2) is 41.2 Å². The van der Waals surface area contributed by atoms with Gasteiger partial charge < -0.3 is 15.2 Å². The monoisotopic (exact) mass is 225 g/mol. The largest absolute Gasteiger partial charge is 0.389 e. The Morgan fingerprint density at radius 1 is 1.62 bits per heavy atom. The summed E-state index contributed by atoms with van der Waals surface area (Å²) in [6.45, 7) is 2.47. The maximum absolute atomic E-state index is 9.60. The lowest BCUT2D eigenvalue weighted by Crippen LogP contribution is -2.30. The molecule has 90 valence electrons. The van der Waals surface area contributed by atoms with E-state index in [1.165, 1.54) is 12.8 Å². The van der Waals surface area contributed by atoms with Crippen LogP contribution in [0.2, 0.25) is 0 Å². The molecule has 1 aromatic rings. The molecule has 2 rings (SSSR count). The zero-order valence-corrected chi connectivity index (χ0v) is 9.35. The maximum atomic E-state index is 9.60. The number of aliphatic hydroxyl groups is 1. The fraction of sp³-hybridized carbons (Fsp3) is 0.727. The minimum Gasteiger partial charge on any atom is -0.389 e. The van der Waals surface area contributed by atoms with Crippen LogP contribution < -0.4 is 5.32 Å². The van der Waals surface area contributed by atoms with E-state index in [1.807, 2.05) is 6.07 Å². The number of aliphatic hydroxyl groups excluding tert-OH is 1. The van der Waals surface area contributed by atoms with Crippen LogP contribution in [-0.2, 0) is 11.3 Å². The van der Waals surface area contributed by atoms with Crippen LogP contribution >= 0.6 is 0 Å². The van der Waals surface area contributed by atoms with Crippen molar-refractivity contribution in [2.24, 2.45) is 5.92 Å². The Morgan fingerprint density at radius 2 is 2.50 bits per heavy atom. The van der Waals surface area contributed by atoms with E-state index < -0.39 is 6.10 Å². The molecule has 1 aromatic heterocycles. The zero-order valence-electron chi connectivity index (χ0n) is 9.35. The van der Waals surface area contributed by atoms with Crippen LogP contribution in [0.1, 0.15) is 18.5 Å². The number of hydrogen-bond donors (Lipinski definition) is 3. The fourth-order valence-electron chi connectivity index (χ4n) is 1.47. The van der Waals surface area contributed by atoms with Gasteiger partial charge in [-0.05, 0) is 24.8 Å². The summed E-state index contributed by atoms with van der Waals surface area (Å²) in [5, 5.41) is 19.4. The number of aromatic amines is 1. The molecule has 1 atom stereocenters. The lowest BCUT2D eigenvalue weighted by Gasteiger charge is -2.11. The quantitative estimate of drug-likeness (QED) is 0.594. The summed E-state index contributed by atoms with van der Waals surface area (Å²) < 4.78 is 5.40. The van der Waals surface area contributed by atoms with Crippen LogP contribution in [0, 0.1) is 5.92 Å². The molecule has 0 saturated heterocycles. The van der Waals surface area contributed by atoms with Gasteiger partial charge in [0.15, 0.2) is 0 Å². The van der Waals surface area contributed by atoms with Crippen molar-refractivity contribution in [3.8, 4) is 0 Å². The third-order valence-electron chi connectivity index (χ3n) is 2.61. The molecule has 0 spiro atoms. The normalized spacial score (nSPS) is 17.6. The van der Waals surface area contributed by atoms with Crippen LogP contribution in [0.15, 0.2) is 12.3 Å². The van der Waals surface area contributed by atoms with Crippen LogP contribution in [0.3, 0.4) is 0 Å². The molecular formula is C11H19N3O2. The van der Waals surface area contributed by atoms with Gasteiger partial charge in [-0.3, -0.25) is 5.10 Å². The Kier molecular flexibility index (Phi) is 4.33. The minimum absolute atomic E-state index is 0.423. The molecule has 0 amide bonds. The summed E-state index contributed by atoms with van der Waals surface area (Å²) in [6.07, 6.45) is 3.86. The average molecular weight is 225 g/mol. The van der Waals surface area contributed by atoms with Gasteiger partial charge in [-0.1, -0.05) is 0 Å². The number of hydrogen-bond acceptors (Lipinski definition) is 4. The Hall–Kier alpha value is -0.910. The lowest BCUT2D eigenvalue weighted by molar-refractivity contribution is 0.0324. The third kappa shape index (κ3) is 4.30. The standard InChI is InChI=1S/C11H19N3O2/c15-11(8-16-7-9-1-2-9)6-12-5-10-3-4-13-14-10/h3-4,9,11-12,15H,1-2,5-8H2,(H,13,14). The fourth-order valence-corrected chi connectivity index (χ4v) is 1.47. The number of aromatic nitrogens is 2. The first-order valence-corrected chi connectivity index (χ1v) is 5.79. The zero-order chi connectivity index (χ0) is 11.2. The summed E-state index contributed by atoms with van der Waals surface area (Å²) in [6, 6.07) is 1.91. The molecule has 3 N–H and O–H groups in total. The molecule has 5 heteroatoms. The van der Waals surface area contributed by atoms with Crippen molar-refractivity contribution in [1.82, 2.24) is 15.5 Å². The molecular weight excluding hydrogens is 206 g/mol. The molecule has 1 aliphatic carbocycles. The molecule has 1 unspecified atom stereocenters. The predicted octanol–water partition coefficient (Wildman–Crippen LogP) is 0.287. The SMILES string of the molecule is OC(CNCc1ccn[nH]1)COCC1CC1.